The molecule has 0 aliphatic carbocycles. The van der Waals surface area contributed by atoms with Crippen molar-refractivity contribution >= 4 is 40.6 Å². The molecule has 25 heavy (non-hydrogen) atoms. The number of ether oxygens (including phenoxy) is 1. The van der Waals surface area contributed by atoms with Gasteiger partial charge in [-0.1, -0.05) is 24.3 Å². The molecular formula is C18H14N2O4S. The number of hydrogen-bond donors (Lipinski definition) is 2. The van der Waals surface area contributed by atoms with E-state index in [-0.39, 0.29) is 17.2 Å². The molecule has 0 aromatic heterocycles. The van der Waals surface area contributed by atoms with E-state index >= 15 is 0 Å². The van der Waals surface area contributed by atoms with Crippen LogP contribution in [0.2, 0.25) is 0 Å². The second kappa shape index (κ2) is 7.23. The summed E-state index contributed by atoms with van der Waals surface area (Å²) in [5.41, 5.74) is 1.37. The highest BCUT2D eigenvalue weighted by Crippen LogP contribution is 2.29. The number of para-hydroxylation sites is 1. The SMILES string of the molecule is COc1ccc(/C=C2\SC(=Nc3ccccc3)NC2=O)cc1C(=O)O. The van der Waals surface area contributed by atoms with E-state index in [1.54, 1.807) is 18.2 Å². The Bertz CT molecular complexity index is 891. The van der Waals surface area contributed by atoms with Gasteiger partial charge in [0.05, 0.1) is 17.7 Å². The van der Waals surface area contributed by atoms with E-state index in [9.17, 15) is 14.7 Å². The lowest BCUT2D eigenvalue weighted by Crippen LogP contribution is -2.19. The Morgan fingerprint density at radius 3 is 2.68 bits per heavy atom. The van der Waals surface area contributed by atoms with Crippen LogP contribution in [0.4, 0.5) is 5.69 Å². The maximum Gasteiger partial charge on any atom is 0.339 e. The van der Waals surface area contributed by atoms with Crippen LogP contribution in [-0.2, 0) is 4.79 Å². The molecule has 1 fully saturated rings. The Labute approximate surface area is 148 Å². The summed E-state index contributed by atoms with van der Waals surface area (Å²) in [7, 11) is 1.41. The van der Waals surface area contributed by atoms with Crippen LogP contribution in [0.1, 0.15) is 15.9 Å². The largest absolute Gasteiger partial charge is 0.496 e. The Morgan fingerprint density at radius 2 is 2.00 bits per heavy atom. The first-order valence-corrected chi connectivity index (χ1v) is 8.14. The van der Waals surface area contributed by atoms with E-state index in [1.807, 2.05) is 30.3 Å². The van der Waals surface area contributed by atoms with Gasteiger partial charge in [-0.3, -0.25) is 4.79 Å². The van der Waals surface area contributed by atoms with Gasteiger partial charge in [-0.05, 0) is 47.7 Å². The van der Waals surface area contributed by atoms with Gasteiger partial charge in [-0.25, -0.2) is 9.79 Å². The highest BCUT2D eigenvalue weighted by Gasteiger charge is 2.24. The molecule has 2 aromatic rings. The van der Waals surface area contributed by atoms with Crippen molar-refractivity contribution in [3.63, 3.8) is 0 Å². The molecule has 1 aliphatic rings. The smallest absolute Gasteiger partial charge is 0.339 e. The maximum absolute atomic E-state index is 12.1. The number of methoxy groups -OCH3 is 1. The maximum atomic E-state index is 12.1. The number of aliphatic imine (C=N–C) groups is 1. The van der Waals surface area contributed by atoms with Crippen molar-refractivity contribution < 1.29 is 19.4 Å². The molecule has 0 bridgehead atoms. The number of aromatic carboxylic acids is 1. The normalized spacial score (nSPS) is 16.9. The zero-order valence-electron chi connectivity index (χ0n) is 13.2. The fraction of sp³-hybridized carbons (Fsp3) is 0.0556. The number of carbonyl (C=O) groups excluding carboxylic acids is 1. The first-order valence-electron chi connectivity index (χ1n) is 7.33. The number of nitrogens with one attached hydrogen (secondary N) is 1. The first-order chi connectivity index (χ1) is 12.1. The van der Waals surface area contributed by atoms with Gasteiger partial charge in [0.15, 0.2) is 5.17 Å². The lowest BCUT2D eigenvalue weighted by molar-refractivity contribution is -0.115. The van der Waals surface area contributed by atoms with Crippen LogP contribution < -0.4 is 10.1 Å². The van der Waals surface area contributed by atoms with Gasteiger partial charge in [0.2, 0.25) is 0 Å². The van der Waals surface area contributed by atoms with Crippen LogP contribution in [-0.4, -0.2) is 29.3 Å². The molecule has 0 atom stereocenters. The zero-order valence-corrected chi connectivity index (χ0v) is 14.0. The quantitative estimate of drug-likeness (QED) is 0.823. The number of amides is 1. The van der Waals surface area contributed by atoms with Crippen molar-refractivity contribution in [3.05, 3.63) is 64.6 Å². The predicted octanol–water partition coefficient (Wildman–Crippen LogP) is 3.29. The lowest BCUT2D eigenvalue weighted by Gasteiger charge is -2.05. The van der Waals surface area contributed by atoms with Crippen molar-refractivity contribution in [2.75, 3.05) is 7.11 Å². The zero-order chi connectivity index (χ0) is 17.8. The number of amidine groups is 1. The molecule has 1 saturated heterocycles. The molecular weight excluding hydrogens is 340 g/mol. The summed E-state index contributed by atoms with van der Waals surface area (Å²) in [6, 6.07) is 14.0. The number of carboxylic acids is 1. The molecule has 2 N–H and O–H groups in total. The molecule has 0 spiro atoms. The van der Waals surface area contributed by atoms with Gasteiger partial charge < -0.3 is 15.2 Å². The Kier molecular flexibility index (Phi) is 4.85. The lowest BCUT2D eigenvalue weighted by atomic mass is 10.1. The Hall–Kier alpha value is -3.06. The molecule has 126 valence electrons. The van der Waals surface area contributed by atoms with Crippen LogP contribution >= 0.6 is 11.8 Å². The summed E-state index contributed by atoms with van der Waals surface area (Å²) >= 11 is 1.20. The van der Waals surface area contributed by atoms with Crippen LogP contribution in [0.3, 0.4) is 0 Å². The highest BCUT2D eigenvalue weighted by molar-refractivity contribution is 8.18. The fourth-order valence-corrected chi connectivity index (χ4v) is 3.08. The summed E-state index contributed by atoms with van der Waals surface area (Å²) in [6.45, 7) is 0. The molecule has 2 aromatic carbocycles. The van der Waals surface area contributed by atoms with E-state index < -0.39 is 5.97 Å². The first kappa shape index (κ1) is 16.8. The standard InChI is InChI=1S/C18H14N2O4S/c1-24-14-8-7-11(9-13(14)17(22)23)10-15-16(21)20-18(25-15)19-12-5-3-2-4-6-12/h2-10H,1H3,(H,22,23)(H,19,20,21)/b15-10-. The van der Waals surface area contributed by atoms with Crippen LogP contribution in [0.15, 0.2) is 58.4 Å². The molecule has 1 aliphatic heterocycles. The summed E-state index contributed by atoms with van der Waals surface area (Å²) < 4.78 is 5.03. The summed E-state index contributed by atoms with van der Waals surface area (Å²) in [5, 5.41) is 12.4. The Balaban J connectivity index is 1.87. The van der Waals surface area contributed by atoms with Crippen LogP contribution in [0.5, 0.6) is 5.75 Å². The number of thioether (sulfide) groups is 1. The van der Waals surface area contributed by atoms with Gasteiger partial charge in [0.1, 0.15) is 11.3 Å². The summed E-state index contributed by atoms with van der Waals surface area (Å²) in [5.74, 6) is -1.09. The van der Waals surface area contributed by atoms with E-state index in [1.165, 1.54) is 24.9 Å². The van der Waals surface area contributed by atoms with Gasteiger partial charge in [0.25, 0.3) is 5.91 Å². The third kappa shape index (κ3) is 3.89. The minimum Gasteiger partial charge on any atom is -0.496 e. The monoisotopic (exact) mass is 354 g/mol. The van der Waals surface area contributed by atoms with E-state index in [0.717, 1.165) is 5.69 Å². The minimum absolute atomic E-state index is 0.0402. The molecule has 1 amide bonds. The van der Waals surface area contributed by atoms with Crippen molar-refractivity contribution in [1.82, 2.24) is 5.32 Å². The van der Waals surface area contributed by atoms with Crippen molar-refractivity contribution in [2.45, 2.75) is 0 Å². The fourth-order valence-electron chi connectivity index (χ4n) is 2.23. The minimum atomic E-state index is -1.09. The van der Waals surface area contributed by atoms with E-state index in [0.29, 0.717) is 15.6 Å². The third-order valence-electron chi connectivity index (χ3n) is 3.39. The van der Waals surface area contributed by atoms with Gasteiger partial charge >= 0.3 is 5.97 Å². The molecule has 7 heteroatoms. The molecule has 0 unspecified atom stereocenters. The molecule has 0 radical (unpaired) electrons. The van der Waals surface area contributed by atoms with E-state index in [4.69, 9.17) is 4.74 Å². The number of benzene rings is 2. The molecule has 1 heterocycles. The number of carbonyl (C=O) groups is 2. The highest BCUT2D eigenvalue weighted by atomic mass is 32.2. The third-order valence-corrected chi connectivity index (χ3v) is 4.30. The topological polar surface area (TPSA) is 88.0 Å². The number of hydrogen-bond acceptors (Lipinski definition) is 5. The second-order valence-electron chi connectivity index (χ2n) is 5.08. The van der Waals surface area contributed by atoms with Crippen LogP contribution in [0.25, 0.3) is 6.08 Å². The van der Waals surface area contributed by atoms with Crippen molar-refractivity contribution in [1.29, 1.82) is 0 Å². The summed E-state index contributed by atoms with van der Waals surface area (Å²) in [6.07, 6.45) is 1.62. The van der Waals surface area contributed by atoms with Crippen molar-refractivity contribution in [3.8, 4) is 5.75 Å². The van der Waals surface area contributed by atoms with Crippen LogP contribution in [0, 0.1) is 0 Å². The van der Waals surface area contributed by atoms with Gasteiger partial charge in [0, 0.05) is 0 Å². The summed E-state index contributed by atoms with van der Waals surface area (Å²) in [4.78, 5) is 28.2. The van der Waals surface area contributed by atoms with E-state index in [2.05, 4.69) is 10.3 Å². The van der Waals surface area contributed by atoms with Gasteiger partial charge in [-0.15, -0.1) is 0 Å². The average Bonchev–Trinajstić information content (AvgIpc) is 2.94. The number of carboxylic acid groups (broad SMARTS) is 1. The number of nitrogens with zero attached hydrogens (tertiary/aromatic N) is 1. The average molecular weight is 354 g/mol. The molecule has 0 saturated carbocycles. The predicted molar refractivity (Wildman–Crippen MR) is 97.2 cm³/mol. The van der Waals surface area contributed by atoms with Gasteiger partial charge in [-0.2, -0.15) is 0 Å². The molecule has 6 nitrogen and oxygen atoms in total. The number of rotatable bonds is 4. The second-order valence-corrected chi connectivity index (χ2v) is 6.11. The molecule has 3 rings (SSSR count). The van der Waals surface area contributed by atoms with Crippen molar-refractivity contribution in [2.24, 2.45) is 4.99 Å². The Morgan fingerprint density at radius 1 is 1.24 bits per heavy atom.